The minimum Gasteiger partial charge on any atom is -0.493 e. The zero-order chi connectivity index (χ0) is 17.6. The first kappa shape index (κ1) is 18.3. The van der Waals surface area contributed by atoms with Crippen molar-refractivity contribution in [2.75, 3.05) is 19.0 Å². The van der Waals surface area contributed by atoms with Crippen LogP contribution in [0.25, 0.3) is 10.8 Å². The fourth-order valence-corrected chi connectivity index (χ4v) is 2.48. The van der Waals surface area contributed by atoms with E-state index in [0.717, 1.165) is 35.1 Å². The van der Waals surface area contributed by atoms with Crippen LogP contribution < -0.4 is 10.1 Å². The maximum absolute atomic E-state index is 12.6. The molecule has 0 bridgehead atoms. The topological polar surface area (TPSA) is 47.6 Å². The summed E-state index contributed by atoms with van der Waals surface area (Å²) in [6.45, 7) is 6.57. The molecule has 2 aromatic carbocycles. The van der Waals surface area contributed by atoms with Gasteiger partial charge in [0.25, 0.3) is 5.91 Å². The van der Waals surface area contributed by atoms with Gasteiger partial charge in [-0.3, -0.25) is 4.79 Å². The Morgan fingerprint density at radius 2 is 1.83 bits per heavy atom. The fourth-order valence-electron chi connectivity index (χ4n) is 2.48. The Morgan fingerprint density at radius 1 is 1.12 bits per heavy atom. The molecule has 0 radical (unpaired) electrons. The van der Waals surface area contributed by atoms with Gasteiger partial charge >= 0.3 is 0 Å². The third kappa shape index (κ3) is 3.88. The first-order valence-corrected chi connectivity index (χ1v) is 8.57. The number of amides is 1. The highest BCUT2D eigenvalue weighted by Crippen LogP contribution is 2.32. The molecule has 0 spiro atoms. The number of fused-ring (bicyclic) bond motifs is 1. The summed E-state index contributed by atoms with van der Waals surface area (Å²) in [5.74, 6) is 0.708. The van der Waals surface area contributed by atoms with E-state index >= 15 is 0 Å². The lowest BCUT2D eigenvalue weighted by molar-refractivity contribution is -0.136. The van der Waals surface area contributed by atoms with E-state index in [1.165, 1.54) is 0 Å². The van der Waals surface area contributed by atoms with Crippen LogP contribution in [-0.4, -0.2) is 25.2 Å². The summed E-state index contributed by atoms with van der Waals surface area (Å²) in [6, 6.07) is 11.8. The molecular weight excluding hydrogens is 302 g/mol. The van der Waals surface area contributed by atoms with Crippen LogP contribution in [0.15, 0.2) is 36.4 Å². The largest absolute Gasteiger partial charge is 0.493 e. The van der Waals surface area contributed by atoms with E-state index in [0.29, 0.717) is 13.0 Å². The number of unbranched alkanes of at least 4 members (excludes halogenated alkanes) is 1. The molecule has 4 heteroatoms. The maximum atomic E-state index is 12.6. The normalized spacial score (nSPS) is 13.5. The van der Waals surface area contributed by atoms with Crippen LogP contribution >= 0.6 is 0 Å². The molecule has 0 saturated carbocycles. The lowest BCUT2D eigenvalue weighted by atomic mass is 10.0. The lowest BCUT2D eigenvalue weighted by Gasteiger charge is -2.25. The Labute approximate surface area is 144 Å². The minimum atomic E-state index is -0.836. The first-order chi connectivity index (χ1) is 11.6. The number of carbonyl (C=O) groups is 1. The molecule has 24 heavy (non-hydrogen) atoms. The van der Waals surface area contributed by atoms with E-state index in [2.05, 4.69) is 12.2 Å². The molecule has 4 nitrogen and oxygen atoms in total. The molecule has 1 N–H and O–H groups in total. The van der Waals surface area contributed by atoms with Crippen LogP contribution in [0.1, 0.15) is 40.0 Å². The second-order valence-corrected chi connectivity index (χ2v) is 6.10. The second-order valence-electron chi connectivity index (χ2n) is 6.10. The van der Waals surface area contributed by atoms with E-state index in [1.54, 1.807) is 14.0 Å². The van der Waals surface area contributed by atoms with Crippen molar-refractivity contribution >= 4 is 22.4 Å². The van der Waals surface area contributed by atoms with E-state index in [1.807, 2.05) is 43.3 Å². The summed E-state index contributed by atoms with van der Waals surface area (Å²) in [6.07, 6.45) is 2.72. The SMILES string of the molecule is CCCCOc1ccc(NC(=O)[C@](C)(CC)OC)c2ccccc12. The molecule has 0 fully saturated rings. The predicted molar refractivity (Wildman–Crippen MR) is 98.7 cm³/mol. The maximum Gasteiger partial charge on any atom is 0.256 e. The molecule has 1 amide bonds. The number of carbonyl (C=O) groups excluding carboxylic acids is 1. The number of nitrogens with one attached hydrogen (secondary N) is 1. The van der Waals surface area contributed by atoms with Crippen LogP contribution in [0, 0.1) is 0 Å². The van der Waals surface area contributed by atoms with Crippen LogP contribution in [0.4, 0.5) is 5.69 Å². The summed E-state index contributed by atoms with van der Waals surface area (Å²) in [5, 5.41) is 4.97. The molecule has 0 aromatic heterocycles. The van der Waals surface area contributed by atoms with Crippen LogP contribution in [0.3, 0.4) is 0 Å². The summed E-state index contributed by atoms with van der Waals surface area (Å²) in [7, 11) is 1.56. The van der Waals surface area contributed by atoms with Gasteiger partial charge in [0.15, 0.2) is 0 Å². The Kier molecular flexibility index (Phi) is 6.21. The van der Waals surface area contributed by atoms with Crippen molar-refractivity contribution in [1.29, 1.82) is 0 Å². The quantitative estimate of drug-likeness (QED) is 0.710. The first-order valence-electron chi connectivity index (χ1n) is 8.57. The molecule has 2 aromatic rings. The van der Waals surface area contributed by atoms with Crippen molar-refractivity contribution in [2.45, 2.75) is 45.6 Å². The summed E-state index contributed by atoms with van der Waals surface area (Å²) < 4.78 is 11.3. The van der Waals surface area contributed by atoms with Gasteiger partial charge in [-0.15, -0.1) is 0 Å². The van der Waals surface area contributed by atoms with Gasteiger partial charge in [0.1, 0.15) is 11.4 Å². The van der Waals surface area contributed by atoms with Gasteiger partial charge in [0, 0.05) is 23.6 Å². The van der Waals surface area contributed by atoms with E-state index in [-0.39, 0.29) is 5.91 Å². The standard InChI is InChI=1S/C20H27NO3/c1-5-7-14-24-18-13-12-17(15-10-8-9-11-16(15)18)21-19(22)20(3,6-2)23-4/h8-13H,5-7,14H2,1-4H3,(H,21,22)/t20-/m0/s1. The Hall–Kier alpha value is -2.07. The highest BCUT2D eigenvalue weighted by molar-refractivity contribution is 6.06. The van der Waals surface area contributed by atoms with Crippen molar-refractivity contribution in [3.63, 3.8) is 0 Å². The van der Waals surface area contributed by atoms with Gasteiger partial charge in [-0.2, -0.15) is 0 Å². The van der Waals surface area contributed by atoms with Crippen LogP contribution in [0.5, 0.6) is 5.75 Å². The molecule has 130 valence electrons. The third-order valence-electron chi connectivity index (χ3n) is 4.49. The van der Waals surface area contributed by atoms with Gasteiger partial charge in [0.05, 0.1) is 6.61 Å². The molecule has 0 unspecified atom stereocenters. The molecule has 1 atom stereocenters. The minimum absolute atomic E-state index is 0.141. The van der Waals surface area contributed by atoms with Crippen molar-refractivity contribution in [3.05, 3.63) is 36.4 Å². The van der Waals surface area contributed by atoms with Crippen LogP contribution in [0.2, 0.25) is 0 Å². The third-order valence-corrected chi connectivity index (χ3v) is 4.49. The number of rotatable bonds is 8. The molecule has 0 heterocycles. The highest BCUT2D eigenvalue weighted by Gasteiger charge is 2.31. The average molecular weight is 329 g/mol. The summed E-state index contributed by atoms with van der Waals surface area (Å²) >= 11 is 0. The Bertz CT molecular complexity index is 692. The zero-order valence-electron chi connectivity index (χ0n) is 15.0. The number of hydrogen-bond donors (Lipinski definition) is 1. The van der Waals surface area contributed by atoms with Gasteiger partial charge in [0.2, 0.25) is 0 Å². The van der Waals surface area contributed by atoms with Crippen molar-refractivity contribution < 1.29 is 14.3 Å². The van der Waals surface area contributed by atoms with Gasteiger partial charge in [-0.1, -0.05) is 44.5 Å². The predicted octanol–water partition coefficient (Wildman–Crippen LogP) is 4.77. The Morgan fingerprint density at radius 3 is 2.46 bits per heavy atom. The highest BCUT2D eigenvalue weighted by atomic mass is 16.5. The summed E-state index contributed by atoms with van der Waals surface area (Å²) in [5.41, 5.74) is -0.0626. The number of anilines is 1. The average Bonchev–Trinajstić information content (AvgIpc) is 2.62. The fraction of sp³-hybridized carbons (Fsp3) is 0.450. The van der Waals surface area contributed by atoms with E-state index in [9.17, 15) is 4.79 Å². The van der Waals surface area contributed by atoms with Crippen molar-refractivity contribution in [2.24, 2.45) is 0 Å². The number of hydrogen-bond acceptors (Lipinski definition) is 3. The zero-order valence-corrected chi connectivity index (χ0v) is 15.0. The molecule has 0 aliphatic heterocycles. The summed E-state index contributed by atoms with van der Waals surface area (Å²) in [4.78, 5) is 12.6. The van der Waals surface area contributed by atoms with Gasteiger partial charge < -0.3 is 14.8 Å². The molecule has 0 saturated heterocycles. The smallest absolute Gasteiger partial charge is 0.256 e. The van der Waals surface area contributed by atoms with Gasteiger partial charge in [-0.25, -0.2) is 0 Å². The second kappa shape index (κ2) is 8.15. The van der Waals surface area contributed by atoms with Gasteiger partial charge in [-0.05, 0) is 31.9 Å². The number of benzene rings is 2. The van der Waals surface area contributed by atoms with Crippen molar-refractivity contribution in [3.8, 4) is 5.75 Å². The molecular formula is C20H27NO3. The number of ether oxygens (including phenoxy) is 2. The molecule has 0 aliphatic carbocycles. The van der Waals surface area contributed by atoms with E-state index < -0.39 is 5.60 Å². The molecule has 2 rings (SSSR count). The number of methoxy groups -OCH3 is 1. The van der Waals surface area contributed by atoms with E-state index in [4.69, 9.17) is 9.47 Å². The Balaban J connectivity index is 2.32. The lowest BCUT2D eigenvalue weighted by Crippen LogP contribution is -2.41. The van der Waals surface area contributed by atoms with Crippen LogP contribution in [-0.2, 0) is 9.53 Å². The molecule has 0 aliphatic rings. The monoisotopic (exact) mass is 329 g/mol. The van der Waals surface area contributed by atoms with Crippen molar-refractivity contribution in [1.82, 2.24) is 0 Å².